The summed E-state index contributed by atoms with van der Waals surface area (Å²) in [6, 6.07) is 6.54. The smallest absolute Gasteiger partial charge is 0.258 e. The van der Waals surface area contributed by atoms with Crippen LogP contribution in [0, 0.1) is 27.4 Å². The molecule has 90 valence electrons. The zero-order valence-electron chi connectivity index (χ0n) is 10.0. The maximum Gasteiger partial charge on any atom is 0.287 e. The van der Waals surface area contributed by atoms with Gasteiger partial charge in [0, 0.05) is 16.2 Å². The zero-order valence-corrected chi connectivity index (χ0v) is 10.8. The molecule has 0 aliphatic carbocycles. The highest BCUT2D eigenvalue weighted by Gasteiger charge is 2.15. The molecule has 0 aromatic heterocycles. The number of nitrogens with zero attached hydrogens (tertiary/aromatic N) is 2. The average Bonchev–Trinajstić information content (AvgIpc) is 2.28. The van der Waals surface area contributed by atoms with E-state index in [2.05, 4.69) is 20.8 Å². The van der Waals surface area contributed by atoms with Crippen molar-refractivity contribution in [1.29, 1.82) is 5.26 Å². The van der Waals surface area contributed by atoms with Crippen molar-refractivity contribution in [2.45, 2.75) is 30.9 Å². The van der Waals surface area contributed by atoms with Gasteiger partial charge in [0.2, 0.25) is 0 Å². The lowest BCUT2D eigenvalue weighted by Gasteiger charge is -2.14. The third-order valence-electron chi connectivity index (χ3n) is 2.55. The van der Waals surface area contributed by atoms with Crippen LogP contribution in [-0.4, -0.2) is 10.2 Å². The fourth-order valence-corrected chi connectivity index (χ4v) is 2.22. The van der Waals surface area contributed by atoms with Gasteiger partial charge in [0.05, 0.1) is 4.92 Å². The van der Waals surface area contributed by atoms with Gasteiger partial charge in [-0.05, 0) is 18.1 Å². The van der Waals surface area contributed by atoms with Gasteiger partial charge in [-0.3, -0.25) is 10.1 Å². The molecule has 1 atom stereocenters. The summed E-state index contributed by atoms with van der Waals surface area (Å²) in [7, 11) is 0. The number of hydrogen-bond acceptors (Lipinski definition) is 4. The number of rotatable bonds is 4. The Bertz CT molecular complexity index is 466. The molecule has 0 saturated heterocycles. The topological polar surface area (TPSA) is 66.9 Å². The molecule has 0 fully saturated rings. The Morgan fingerprint density at radius 3 is 2.53 bits per heavy atom. The van der Waals surface area contributed by atoms with Crippen LogP contribution in [-0.2, 0) is 0 Å². The van der Waals surface area contributed by atoms with Gasteiger partial charge in [-0.15, -0.1) is 11.8 Å². The van der Waals surface area contributed by atoms with E-state index in [-0.39, 0.29) is 11.3 Å². The molecule has 0 amide bonds. The van der Waals surface area contributed by atoms with E-state index in [4.69, 9.17) is 5.26 Å². The standard InChI is InChI=1S/C12H14N2O2S/c1-8(2)9(3)17-11-4-5-12(14(15)16)10(6-11)7-13/h4-6,8-9H,1-3H3. The normalized spacial score (nSPS) is 12.2. The number of thioether (sulfide) groups is 1. The summed E-state index contributed by atoms with van der Waals surface area (Å²) >= 11 is 1.63. The monoisotopic (exact) mass is 250 g/mol. The van der Waals surface area contributed by atoms with E-state index in [1.807, 2.05) is 6.07 Å². The Balaban J connectivity index is 2.99. The molecular formula is C12H14N2O2S. The van der Waals surface area contributed by atoms with Crippen LogP contribution in [0.4, 0.5) is 5.69 Å². The van der Waals surface area contributed by atoms with Crippen molar-refractivity contribution in [3.8, 4) is 6.07 Å². The molecule has 1 unspecified atom stereocenters. The highest BCUT2D eigenvalue weighted by Crippen LogP contribution is 2.30. The molecular weight excluding hydrogens is 236 g/mol. The minimum absolute atomic E-state index is 0.121. The Hall–Kier alpha value is -1.54. The lowest BCUT2D eigenvalue weighted by molar-refractivity contribution is -0.385. The number of nitro benzene ring substituents is 1. The first-order valence-electron chi connectivity index (χ1n) is 5.31. The second-order valence-electron chi connectivity index (χ2n) is 4.11. The van der Waals surface area contributed by atoms with Gasteiger partial charge >= 0.3 is 0 Å². The van der Waals surface area contributed by atoms with Gasteiger partial charge in [-0.25, -0.2) is 0 Å². The molecule has 0 N–H and O–H groups in total. The molecule has 17 heavy (non-hydrogen) atoms. The maximum atomic E-state index is 10.7. The van der Waals surface area contributed by atoms with Gasteiger partial charge in [-0.2, -0.15) is 5.26 Å². The quantitative estimate of drug-likeness (QED) is 0.465. The Kier molecular flexibility index (Phi) is 4.53. The first-order valence-corrected chi connectivity index (χ1v) is 6.19. The van der Waals surface area contributed by atoms with E-state index < -0.39 is 4.92 Å². The van der Waals surface area contributed by atoms with Crippen LogP contribution in [0.15, 0.2) is 23.1 Å². The van der Waals surface area contributed by atoms with E-state index in [0.717, 1.165) is 4.90 Å². The van der Waals surface area contributed by atoms with Crippen molar-refractivity contribution in [2.24, 2.45) is 5.92 Å². The van der Waals surface area contributed by atoms with Gasteiger partial charge in [0.25, 0.3) is 5.69 Å². The third kappa shape index (κ3) is 3.46. The van der Waals surface area contributed by atoms with Crippen molar-refractivity contribution in [1.82, 2.24) is 0 Å². The molecule has 5 heteroatoms. The summed E-state index contributed by atoms with van der Waals surface area (Å²) in [4.78, 5) is 11.0. The molecule has 1 aromatic rings. The van der Waals surface area contributed by atoms with Crippen LogP contribution >= 0.6 is 11.8 Å². The predicted octanol–water partition coefficient (Wildman–Crippen LogP) is 3.60. The summed E-state index contributed by atoms with van der Waals surface area (Å²) in [5, 5.41) is 19.9. The second kappa shape index (κ2) is 5.69. The number of nitriles is 1. The summed E-state index contributed by atoms with van der Waals surface area (Å²) in [5.41, 5.74) is -0.00925. The van der Waals surface area contributed by atoms with Crippen LogP contribution in [0.1, 0.15) is 26.3 Å². The predicted molar refractivity (Wildman–Crippen MR) is 68.0 cm³/mol. The van der Waals surface area contributed by atoms with Crippen molar-refractivity contribution in [2.75, 3.05) is 0 Å². The van der Waals surface area contributed by atoms with Crippen LogP contribution in [0.5, 0.6) is 0 Å². The van der Waals surface area contributed by atoms with Gasteiger partial charge in [0.1, 0.15) is 11.6 Å². The Labute approximate surface area is 105 Å². The summed E-state index contributed by atoms with van der Waals surface area (Å²) in [6.07, 6.45) is 0. The van der Waals surface area contributed by atoms with Crippen LogP contribution in [0.3, 0.4) is 0 Å². The molecule has 4 nitrogen and oxygen atoms in total. The molecule has 1 aromatic carbocycles. The van der Waals surface area contributed by atoms with Crippen molar-refractivity contribution in [3.63, 3.8) is 0 Å². The molecule has 0 aliphatic rings. The molecule has 0 aliphatic heterocycles. The lowest BCUT2D eigenvalue weighted by Crippen LogP contribution is -2.05. The van der Waals surface area contributed by atoms with Crippen LogP contribution in [0.2, 0.25) is 0 Å². The van der Waals surface area contributed by atoms with Crippen molar-refractivity contribution < 1.29 is 4.92 Å². The van der Waals surface area contributed by atoms with E-state index in [1.165, 1.54) is 6.07 Å². The highest BCUT2D eigenvalue weighted by molar-refractivity contribution is 8.00. The first kappa shape index (κ1) is 13.5. The number of benzene rings is 1. The van der Waals surface area contributed by atoms with E-state index >= 15 is 0 Å². The summed E-state index contributed by atoms with van der Waals surface area (Å²) in [5.74, 6) is 0.515. The van der Waals surface area contributed by atoms with Crippen molar-refractivity contribution >= 4 is 17.4 Å². The Morgan fingerprint density at radius 2 is 2.06 bits per heavy atom. The van der Waals surface area contributed by atoms with Crippen molar-refractivity contribution in [3.05, 3.63) is 33.9 Å². The second-order valence-corrected chi connectivity index (χ2v) is 5.57. The molecule has 0 radical (unpaired) electrons. The molecule has 0 bridgehead atoms. The minimum atomic E-state index is -0.529. The highest BCUT2D eigenvalue weighted by atomic mass is 32.2. The van der Waals surface area contributed by atoms with Gasteiger partial charge in [0.15, 0.2) is 0 Å². The molecule has 0 spiro atoms. The van der Waals surface area contributed by atoms with E-state index in [0.29, 0.717) is 11.2 Å². The average molecular weight is 250 g/mol. The van der Waals surface area contributed by atoms with E-state index in [9.17, 15) is 10.1 Å². The SMILES string of the molecule is CC(C)C(C)Sc1ccc([N+](=O)[O-])c(C#N)c1. The van der Waals surface area contributed by atoms with Gasteiger partial charge < -0.3 is 0 Å². The van der Waals surface area contributed by atoms with Crippen LogP contribution in [0.25, 0.3) is 0 Å². The summed E-state index contributed by atoms with van der Waals surface area (Å²) in [6.45, 7) is 6.34. The van der Waals surface area contributed by atoms with Gasteiger partial charge in [-0.1, -0.05) is 20.8 Å². The fraction of sp³-hybridized carbons (Fsp3) is 0.417. The first-order chi connectivity index (χ1) is 7.95. The minimum Gasteiger partial charge on any atom is -0.258 e. The fourth-order valence-electron chi connectivity index (χ4n) is 1.19. The molecule has 0 saturated carbocycles. The number of hydrogen-bond donors (Lipinski definition) is 0. The van der Waals surface area contributed by atoms with E-state index in [1.54, 1.807) is 23.9 Å². The Morgan fingerprint density at radius 1 is 1.41 bits per heavy atom. The number of nitro groups is 1. The maximum absolute atomic E-state index is 10.7. The third-order valence-corrected chi connectivity index (χ3v) is 3.99. The molecule has 1 rings (SSSR count). The van der Waals surface area contributed by atoms with Crippen LogP contribution < -0.4 is 0 Å². The summed E-state index contributed by atoms with van der Waals surface area (Å²) < 4.78 is 0. The zero-order chi connectivity index (χ0) is 13.0. The lowest BCUT2D eigenvalue weighted by atomic mass is 10.2. The largest absolute Gasteiger partial charge is 0.287 e. The molecule has 0 heterocycles.